The minimum Gasteiger partial charge on any atom is -0.369 e. The number of nitrogens with zero attached hydrogens (tertiary/aromatic N) is 3. The van der Waals surface area contributed by atoms with Crippen molar-refractivity contribution in [1.29, 1.82) is 0 Å². The van der Waals surface area contributed by atoms with Crippen molar-refractivity contribution < 1.29 is 18.0 Å². The second-order valence-electron chi connectivity index (χ2n) is 8.35. The van der Waals surface area contributed by atoms with Gasteiger partial charge in [0, 0.05) is 25.7 Å². The predicted molar refractivity (Wildman–Crippen MR) is 122 cm³/mol. The lowest BCUT2D eigenvalue weighted by Gasteiger charge is -2.33. The zero-order valence-corrected chi connectivity index (χ0v) is 18.5. The number of hydrogen-bond acceptors (Lipinski definition) is 4. The minimum absolute atomic E-state index is 0.0299. The van der Waals surface area contributed by atoms with Crippen molar-refractivity contribution in [2.45, 2.75) is 32.1 Å². The standard InChI is InChI=1S/C25H25F3N4O2/c26-25(27,28)22-11-5-4-9-19(22)14-29-24(34)20-10-6-12-31(17-20)21-13-23(33)32(30-15-21)16-18-7-2-1-3-8-18/h1-5,7-9,11,13,15,20H,6,10,12,14,16-17H2,(H,29,34). The molecule has 9 heteroatoms. The van der Waals surface area contributed by atoms with E-state index < -0.39 is 17.7 Å². The van der Waals surface area contributed by atoms with Gasteiger partial charge in [-0.2, -0.15) is 18.3 Å². The molecule has 1 saturated heterocycles. The maximum absolute atomic E-state index is 13.2. The van der Waals surface area contributed by atoms with Crippen molar-refractivity contribution in [1.82, 2.24) is 15.1 Å². The molecule has 2 aromatic carbocycles. The highest BCUT2D eigenvalue weighted by Gasteiger charge is 2.33. The van der Waals surface area contributed by atoms with Crippen LogP contribution < -0.4 is 15.8 Å². The number of amides is 1. The fourth-order valence-electron chi connectivity index (χ4n) is 4.18. The number of nitrogens with one attached hydrogen (secondary N) is 1. The number of aromatic nitrogens is 2. The van der Waals surface area contributed by atoms with Crippen molar-refractivity contribution in [2.24, 2.45) is 5.92 Å². The van der Waals surface area contributed by atoms with Gasteiger partial charge in [-0.1, -0.05) is 48.5 Å². The van der Waals surface area contributed by atoms with E-state index in [1.54, 1.807) is 6.20 Å². The van der Waals surface area contributed by atoms with E-state index in [1.807, 2.05) is 35.2 Å². The summed E-state index contributed by atoms with van der Waals surface area (Å²) in [4.78, 5) is 27.2. The molecule has 0 radical (unpaired) electrons. The van der Waals surface area contributed by atoms with E-state index in [0.29, 0.717) is 31.7 Å². The van der Waals surface area contributed by atoms with Crippen molar-refractivity contribution in [3.8, 4) is 0 Å². The molecule has 178 valence electrons. The first-order chi connectivity index (χ1) is 16.3. The van der Waals surface area contributed by atoms with Crippen LogP contribution >= 0.6 is 0 Å². The highest BCUT2D eigenvalue weighted by atomic mass is 19.4. The lowest BCUT2D eigenvalue weighted by molar-refractivity contribution is -0.138. The summed E-state index contributed by atoms with van der Waals surface area (Å²) in [6.45, 7) is 1.22. The van der Waals surface area contributed by atoms with Crippen LogP contribution in [0.4, 0.5) is 18.9 Å². The van der Waals surface area contributed by atoms with E-state index >= 15 is 0 Å². The molecular formula is C25H25F3N4O2. The van der Waals surface area contributed by atoms with Crippen LogP contribution in [0.25, 0.3) is 0 Å². The second-order valence-corrected chi connectivity index (χ2v) is 8.35. The molecule has 0 bridgehead atoms. The topological polar surface area (TPSA) is 67.2 Å². The van der Waals surface area contributed by atoms with Gasteiger partial charge < -0.3 is 10.2 Å². The lowest BCUT2D eigenvalue weighted by atomic mass is 9.96. The summed E-state index contributed by atoms with van der Waals surface area (Å²) in [6.07, 6.45) is -1.51. The molecule has 1 aliphatic heterocycles. The number of anilines is 1. The molecule has 6 nitrogen and oxygen atoms in total. The molecule has 1 fully saturated rings. The Balaban J connectivity index is 1.39. The summed E-state index contributed by atoms with van der Waals surface area (Å²) < 4.78 is 41.0. The maximum Gasteiger partial charge on any atom is 0.416 e. The molecule has 1 N–H and O–H groups in total. The average Bonchev–Trinajstić information content (AvgIpc) is 2.84. The Morgan fingerprint density at radius 3 is 2.56 bits per heavy atom. The Hall–Kier alpha value is -3.62. The molecule has 3 aromatic rings. The maximum atomic E-state index is 13.2. The third-order valence-electron chi connectivity index (χ3n) is 5.96. The largest absolute Gasteiger partial charge is 0.416 e. The average molecular weight is 470 g/mol. The summed E-state index contributed by atoms with van der Waals surface area (Å²) in [5.41, 5.74) is 0.641. The predicted octanol–water partition coefficient (Wildman–Crippen LogP) is 3.84. The van der Waals surface area contributed by atoms with Gasteiger partial charge in [0.15, 0.2) is 0 Å². The van der Waals surface area contributed by atoms with Crippen LogP contribution in [-0.4, -0.2) is 28.8 Å². The summed E-state index contributed by atoms with van der Waals surface area (Å²) in [6, 6.07) is 16.3. The summed E-state index contributed by atoms with van der Waals surface area (Å²) in [5, 5.41) is 6.94. The molecule has 1 aliphatic rings. The van der Waals surface area contributed by atoms with E-state index in [1.165, 1.54) is 28.9 Å². The molecule has 1 atom stereocenters. The zero-order valence-electron chi connectivity index (χ0n) is 18.5. The van der Waals surface area contributed by atoms with E-state index in [2.05, 4.69) is 10.4 Å². The summed E-state index contributed by atoms with van der Waals surface area (Å²) in [7, 11) is 0. The van der Waals surface area contributed by atoms with Crippen LogP contribution in [-0.2, 0) is 24.1 Å². The fraction of sp³-hybridized carbons (Fsp3) is 0.320. The Labute approximate surface area is 195 Å². The van der Waals surface area contributed by atoms with E-state index in [4.69, 9.17) is 0 Å². The number of benzene rings is 2. The second kappa shape index (κ2) is 10.1. The number of rotatable bonds is 6. The van der Waals surface area contributed by atoms with Crippen molar-refractivity contribution >= 4 is 11.6 Å². The summed E-state index contributed by atoms with van der Waals surface area (Å²) in [5.74, 6) is -0.689. The number of halogens is 3. The van der Waals surface area contributed by atoms with Crippen LogP contribution in [0.3, 0.4) is 0 Å². The number of hydrogen-bond donors (Lipinski definition) is 1. The van der Waals surface area contributed by atoms with Gasteiger partial charge in [0.2, 0.25) is 5.91 Å². The highest BCUT2D eigenvalue weighted by molar-refractivity contribution is 5.79. The fourth-order valence-corrected chi connectivity index (χ4v) is 4.18. The number of carbonyl (C=O) groups excluding carboxylic acids is 1. The van der Waals surface area contributed by atoms with Crippen molar-refractivity contribution in [3.63, 3.8) is 0 Å². The molecule has 4 rings (SSSR count). The van der Waals surface area contributed by atoms with Gasteiger partial charge in [0.1, 0.15) is 0 Å². The molecule has 0 aliphatic carbocycles. The van der Waals surface area contributed by atoms with Gasteiger partial charge in [-0.3, -0.25) is 9.59 Å². The van der Waals surface area contributed by atoms with Crippen LogP contribution in [0.2, 0.25) is 0 Å². The molecule has 1 aromatic heterocycles. The normalized spacial score (nSPS) is 16.3. The van der Waals surface area contributed by atoms with Crippen molar-refractivity contribution in [3.05, 3.63) is 93.9 Å². The third kappa shape index (κ3) is 5.65. The van der Waals surface area contributed by atoms with Gasteiger partial charge in [0.05, 0.1) is 29.9 Å². The minimum atomic E-state index is -4.48. The zero-order chi connectivity index (χ0) is 24.1. The van der Waals surface area contributed by atoms with E-state index in [9.17, 15) is 22.8 Å². The molecule has 34 heavy (non-hydrogen) atoms. The third-order valence-corrected chi connectivity index (χ3v) is 5.96. The molecule has 0 spiro atoms. The van der Waals surface area contributed by atoms with E-state index in [-0.39, 0.29) is 23.6 Å². The number of piperidine rings is 1. The van der Waals surface area contributed by atoms with Gasteiger partial charge in [0.25, 0.3) is 5.56 Å². The first-order valence-corrected chi connectivity index (χ1v) is 11.1. The molecule has 1 unspecified atom stereocenters. The van der Waals surface area contributed by atoms with Gasteiger partial charge >= 0.3 is 6.18 Å². The lowest BCUT2D eigenvalue weighted by Crippen LogP contribution is -2.43. The quantitative estimate of drug-likeness (QED) is 0.595. The molecule has 0 saturated carbocycles. The summed E-state index contributed by atoms with van der Waals surface area (Å²) >= 11 is 0. The Bertz CT molecular complexity index is 1190. The number of alkyl halides is 3. The van der Waals surface area contributed by atoms with Gasteiger partial charge in [-0.05, 0) is 30.0 Å². The van der Waals surface area contributed by atoms with E-state index in [0.717, 1.165) is 18.1 Å². The van der Waals surface area contributed by atoms with Gasteiger partial charge in [-0.15, -0.1) is 0 Å². The first kappa shape index (κ1) is 23.5. The van der Waals surface area contributed by atoms with Crippen LogP contribution in [0, 0.1) is 5.92 Å². The molecule has 2 heterocycles. The number of carbonyl (C=O) groups is 1. The molecular weight excluding hydrogens is 445 g/mol. The monoisotopic (exact) mass is 470 g/mol. The molecule has 1 amide bonds. The van der Waals surface area contributed by atoms with Crippen LogP contribution in [0.1, 0.15) is 29.5 Å². The first-order valence-electron chi connectivity index (χ1n) is 11.1. The van der Waals surface area contributed by atoms with Crippen LogP contribution in [0.15, 0.2) is 71.7 Å². The SMILES string of the molecule is O=C(NCc1ccccc1C(F)(F)F)C1CCCN(c2cnn(Cc3ccccc3)c(=O)c2)C1. The smallest absolute Gasteiger partial charge is 0.369 e. The Kier molecular flexibility index (Phi) is 7.00. The highest BCUT2D eigenvalue weighted by Crippen LogP contribution is 2.32. The van der Waals surface area contributed by atoms with Crippen LogP contribution in [0.5, 0.6) is 0 Å². The van der Waals surface area contributed by atoms with Crippen molar-refractivity contribution in [2.75, 3.05) is 18.0 Å². The Morgan fingerprint density at radius 1 is 1.09 bits per heavy atom. The Morgan fingerprint density at radius 2 is 1.82 bits per heavy atom. The van der Waals surface area contributed by atoms with Gasteiger partial charge in [-0.25, -0.2) is 4.68 Å².